The largest absolute Gasteiger partial charge is 0.451 e. The van der Waals surface area contributed by atoms with Gasteiger partial charge in [-0.15, -0.1) is 11.3 Å². The fraction of sp³-hybridized carbons (Fsp3) is 0.375. The number of rotatable bonds is 8. The van der Waals surface area contributed by atoms with Crippen LogP contribution in [0.1, 0.15) is 56.7 Å². The van der Waals surface area contributed by atoms with Crippen molar-refractivity contribution < 1.29 is 18.7 Å². The highest BCUT2D eigenvalue weighted by Gasteiger charge is 2.28. The predicted octanol–water partition coefficient (Wildman–Crippen LogP) is 4.06. The van der Waals surface area contributed by atoms with Crippen LogP contribution in [0.3, 0.4) is 0 Å². The smallest absolute Gasteiger partial charge is 0.292 e. The number of hydrogen-bond donors (Lipinski definition) is 2. The van der Waals surface area contributed by atoms with Gasteiger partial charge < -0.3 is 19.8 Å². The summed E-state index contributed by atoms with van der Waals surface area (Å²) in [5, 5.41) is 6.67. The highest BCUT2D eigenvalue weighted by atomic mass is 32.1. The minimum absolute atomic E-state index is 0.0806. The molecular weight excluding hydrogens is 428 g/mol. The molecule has 0 unspecified atom stereocenters. The van der Waals surface area contributed by atoms with Crippen molar-refractivity contribution in [1.82, 2.24) is 5.32 Å². The number of hydrogen-bond acceptors (Lipinski definition) is 6. The van der Waals surface area contributed by atoms with Gasteiger partial charge >= 0.3 is 0 Å². The lowest BCUT2D eigenvalue weighted by Gasteiger charge is -2.10. The van der Waals surface area contributed by atoms with Crippen molar-refractivity contribution in [3.63, 3.8) is 0 Å². The lowest BCUT2D eigenvalue weighted by molar-refractivity contribution is 0.0944. The minimum atomic E-state index is -0.546. The molecule has 4 rings (SSSR count). The van der Waals surface area contributed by atoms with Crippen LogP contribution >= 0.6 is 11.3 Å². The molecule has 32 heavy (non-hydrogen) atoms. The van der Waals surface area contributed by atoms with Gasteiger partial charge in [-0.1, -0.05) is 11.6 Å². The maximum absolute atomic E-state index is 12.9. The molecule has 7 nitrogen and oxygen atoms in total. The highest BCUT2D eigenvalue weighted by molar-refractivity contribution is 7.17. The molecule has 168 valence electrons. The third kappa shape index (κ3) is 4.61. The Hall–Kier alpha value is -2.97. The standard InChI is InChI=1S/C24H26N2O5S/c1-3-30-11-5-10-25-23(29)21-15-6-4-7-20(15)32-24(21)26-22(28)19-13-17(27)16-12-14(2)8-9-18(16)31-19/h8-9,12-13H,3-7,10-11H2,1-2H3,(H,25,29)(H,26,28). The van der Waals surface area contributed by atoms with Gasteiger partial charge in [0.2, 0.25) is 0 Å². The van der Waals surface area contributed by atoms with Gasteiger partial charge in [0.25, 0.3) is 11.8 Å². The summed E-state index contributed by atoms with van der Waals surface area (Å²) >= 11 is 1.42. The molecule has 0 aliphatic heterocycles. The van der Waals surface area contributed by atoms with Gasteiger partial charge in [-0.2, -0.15) is 0 Å². The van der Waals surface area contributed by atoms with E-state index < -0.39 is 5.91 Å². The Morgan fingerprint density at radius 2 is 2.03 bits per heavy atom. The molecule has 1 aliphatic carbocycles. The molecule has 1 aromatic carbocycles. The predicted molar refractivity (Wildman–Crippen MR) is 125 cm³/mol. The number of carbonyl (C=O) groups is 2. The average Bonchev–Trinajstić information content (AvgIpc) is 3.34. The van der Waals surface area contributed by atoms with E-state index >= 15 is 0 Å². The summed E-state index contributed by atoms with van der Waals surface area (Å²) in [7, 11) is 0. The van der Waals surface area contributed by atoms with Crippen molar-refractivity contribution >= 4 is 39.1 Å². The molecule has 0 spiro atoms. The molecular formula is C24H26N2O5S. The number of amides is 2. The molecule has 2 aromatic heterocycles. The van der Waals surface area contributed by atoms with E-state index in [9.17, 15) is 14.4 Å². The van der Waals surface area contributed by atoms with E-state index in [0.29, 0.717) is 41.3 Å². The monoisotopic (exact) mass is 454 g/mol. The van der Waals surface area contributed by atoms with Crippen LogP contribution in [0, 0.1) is 6.92 Å². The van der Waals surface area contributed by atoms with Gasteiger partial charge in [0.15, 0.2) is 11.2 Å². The van der Waals surface area contributed by atoms with E-state index in [1.54, 1.807) is 12.1 Å². The van der Waals surface area contributed by atoms with Crippen LogP contribution in [-0.4, -0.2) is 31.6 Å². The van der Waals surface area contributed by atoms with Crippen LogP contribution in [0.2, 0.25) is 0 Å². The highest BCUT2D eigenvalue weighted by Crippen LogP contribution is 2.39. The summed E-state index contributed by atoms with van der Waals surface area (Å²) in [5.74, 6) is -0.829. The first-order chi connectivity index (χ1) is 15.5. The van der Waals surface area contributed by atoms with E-state index in [-0.39, 0.29) is 17.1 Å². The third-order valence-corrected chi connectivity index (χ3v) is 6.64. The molecule has 0 saturated carbocycles. The van der Waals surface area contributed by atoms with E-state index in [4.69, 9.17) is 9.15 Å². The van der Waals surface area contributed by atoms with Crippen molar-refractivity contribution in [2.45, 2.75) is 39.5 Å². The number of benzene rings is 1. The number of nitrogens with one attached hydrogen (secondary N) is 2. The fourth-order valence-electron chi connectivity index (χ4n) is 3.89. The molecule has 8 heteroatoms. The second-order valence-corrected chi connectivity index (χ2v) is 8.90. The van der Waals surface area contributed by atoms with Gasteiger partial charge in [-0.3, -0.25) is 14.4 Å². The summed E-state index contributed by atoms with van der Waals surface area (Å²) in [4.78, 5) is 39.5. The molecule has 2 N–H and O–H groups in total. The summed E-state index contributed by atoms with van der Waals surface area (Å²) in [6.45, 7) is 5.55. The Bertz CT molecular complexity index is 1230. The van der Waals surface area contributed by atoms with Crippen molar-refractivity contribution in [3.8, 4) is 0 Å². The molecule has 1 aliphatic rings. The van der Waals surface area contributed by atoms with E-state index in [1.165, 1.54) is 17.4 Å². The summed E-state index contributed by atoms with van der Waals surface area (Å²) < 4.78 is 11.0. The fourth-order valence-corrected chi connectivity index (χ4v) is 5.17. The van der Waals surface area contributed by atoms with E-state index in [2.05, 4.69) is 10.6 Å². The van der Waals surface area contributed by atoms with Crippen molar-refractivity contribution in [3.05, 3.63) is 61.8 Å². The molecule has 0 fully saturated rings. The van der Waals surface area contributed by atoms with Gasteiger partial charge in [0.05, 0.1) is 10.9 Å². The zero-order chi connectivity index (χ0) is 22.7. The number of anilines is 1. The lowest BCUT2D eigenvalue weighted by Crippen LogP contribution is -2.27. The summed E-state index contributed by atoms with van der Waals surface area (Å²) in [6.07, 6.45) is 3.42. The number of aryl methyl sites for hydroxylation is 2. The maximum Gasteiger partial charge on any atom is 0.292 e. The molecule has 2 heterocycles. The Kier molecular flexibility index (Phi) is 6.72. The number of carbonyl (C=O) groups excluding carboxylic acids is 2. The zero-order valence-corrected chi connectivity index (χ0v) is 19.0. The second kappa shape index (κ2) is 9.67. The summed E-state index contributed by atoms with van der Waals surface area (Å²) in [6, 6.07) is 6.45. The first-order valence-corrected chi connectivity index (χ1v) is 11.7. The van der Waals surface area contributed by atoms with Crippen LogP contribution in [-0.2, 0) is 17.6 Å². The van der Waals surface area contributed by atoms with Crippen molar-refractivity contribution in [2.24, 2.45) is 0 Å². The van der Waals surface area contributed by atoms with E-state index in [1.807, 2.05) is 19.9 Å². The quantitative estimate of drug-likeness (QED) is 0.500. The van der Waals surface area contributed by atoms with Crippen molar-refractivity contribution in [1.29, 1.82) is 0 Å². The van der Waals surface area contributed by atoms with Crippen LogP contribution in [0.25, 0.3) is 11.0 Å². The van der Waals surface area contributed by atoms with Crippen LogP contribution in [0.15, 0.2) is 33.5 Å². The summed E-state index contributed by atoms with van der Waals surface area (Å²) in [5.41, 5.74) is 2.54. The second-order valence-electron chi connectivity index (χ2n) is 7.80. The Morgan fingerprint density at radius 3 is 2.84 bits per heavy atom. The lowest BCUT2D eigenvalue weighted by atomic mass is 10.1. The number of thiophene rings is 1. The maximum atomic E-state index is 12.9. The molecule has 2 amide bonds. The van der Waals surface area contributed by atoms with Crippen LogP contribution in [0.4, 0.5) is 5.00 Å². The Balaban J connectivity index is 1.56. The van der Waals surface area contributed by atoms with Crippen LogP contribution in [0.5, 0.6) is 0 Å². The molecule has 3 aromatic rings. The Morgan fingerprint density at radius 1 is 1.19 bits per heavy atom. The van der Waals surface area contributed by atoms with Crippen LogP contribution < -0.4 is 16.1 Å². The number of ether oxygens (including phenoxy) is 1. The van der Waals surface area contributed by atoms with Gasteiger partial charge in [0, 0.05) is 30.7 Å². The molecule has 0 saturated heterocycles. The number of fused-ring (bicyclic) bond motifs is 2. The minimum Gasteiger partial charge on any atom is -0.451 e. The van der Waals surface area contributed by atoms with Crippen molar-refractivity contribution in [2.75, 3.05) is 25.1 Å². The molecule has 0 atom stereocenters. The Labute approximate surface area is 189 Å². The van der Waals surface area contributed by atoms with Gasteiger partial charge in [-0.05, 0) is 57.2 Å². The van der Waals surface area contributed by atoms with E-state index in [0.717, 1.165) is 41.7 Å². The third-order valence-electron chi connectivity index (χ3n) is 5.44. The first kappa shape index (κ1) is 22.2. The molecule has 0 radical (unpaired) electrons. The average molecular weight is 455 g/mol. The first-order valence-electron chi connectivity index (χ1n) is 10.8. The topological polar surface area (TPSA) is 97.6 Å². The van der Waals surface area contributed by atoms with Gasteiger partial charge in [0.1, 0.15) is 10.6 Å². The van der Waals surface area contributed by atoms with Gasteiger partial charge in [-0.25, -0.2) is 0 Å². The normalized spacial score (nSPS) is 12.7. The SMILES string of the molecule is CCOCCCNC(=O)c1c(NC(=O)c2cc(=O)c3cc(C)ccc3o2)sc2c1CCC2. The molecule has 0 bridgehead atoms. The zero-order valence-electron chi connectivity index (χ0n) is 18.2.